The van der Waals surface area contributed by atoms with Crippen LogP contribution in [0.25, 0.3) is 10.9 Å². The molecule has 1 aromatic carbocycles. The van der Waals surface area contributed by atoms with Crippen LogP contribution in [-0.4, -0.2) is 78.2 Å². The van der Waals surface area contributed by atoms with Crippen LogP contribution < -0.4 is 0 Å². The number of hydrogen-bond acceptors (Lipinski definition) is 9. The maximum Gasteiger partial charge on any atom is 0.445 e. The van der Waals surface area contributed by atoms with Crippen LogP contribution >= 0.6 is 0 Å². The number of nitrogens with one attached hydrogen (secondary N) is 1. The van der Waals surface area contributed by atoms with Crippen LogP contribution in [0, 0.1) is 0 Å². The fraction of sp³-hybridized carbons (Fsp3) is 0.200. The van der Waals surface area contributed by atoms with Gasteiger partial charge in [-0.15, -0.1) is 9.19 Å². The lowest BCUT2D eigenvalue weighted by Gasteiger charge is -2.13. The lowest BCUT2D eigenvalue weighted by molar-refractivity contribution is 0.150. The van der Waals surface area contributed by atoms with Crippen LogP contribution in [0.1, 0.15) is 5.56 Å². The number of benzene rings is 1. The summed E-state index contributed by atoms with van der Waals surface area (Å²) in [4.78, 5) is 18.6. The molecule has 0 unspecified atom stereocenters. The summed E-state index contributed by atoms with van der Waals surface area (Å²) in [5.41, 5.74) is 1.28. The highest BCUT2D eigenvalue weighted by Crippen LogP contribution is 2.18. The average Bonchev–Trinajstić information content (AvgIpc) is 3.36. The van der Waals surface area contributed by atoms with Gasteiger partial charge in [-0.3, -0.25) is 0 Å². The molecule has 0 radical (unpaired) electrons. The van der Waals surface area contributed by atoms with Gasteiger partial charge in [-0.2, -0.15) is 26.2 Å². The number of nitrogens with zero attached hydrogens (tertiary/aromatic N) is 6. The van der Waals surface area contributed by atoms with E-state index in [0.29, 0.717) is 16.0 Å². The summed E-state index contributed by atoms with van der Waals surface area (Å²) in [6.45, 7) is 0. The summed E-state index contributed by atoms with van der Waals surface area (Å²) < 4.78 is 55.5. The third kappa shape index (κ3) is 3.77. The van der Waals surface area contributed by atoms with Crippen LogP contribution in [0.4, 0.5) is 4.79 Å². The highest BCUT2D eigenvalue weighted by atomic mass is 32.2. The number of aromatic amines is 1. The molecule has 0 bridgehead atoms. The van der Waals surface area contributed by atoms with E-state index < -0.39 is 31.5 Å². The summed E-state index contributed by atoms with van der Waals surface area (Å²) in [7, 11) is -5.43. The first-order valence-corrected chi connectivity index (χ1v) is 11.0. The van der Waals surface area contributed by atoms with Crippen LogP contribution in [-0.2, 0) is 25.0 Å². The van der Waals surface area contributed by atoms with Gasteiger partial charge < -0.3 is 9.72 Å². The first-order valence-electron chi connectivity index (χ1n) is 8.17. The van der Waals surface area contributed by atoms with E-state index in [1.165, 1.54) is 14.1 Å². The van der Waals surface area contributed by atoms with Gasteiger partial charge in [-0.25, -0.2) is 9.78 Å². The number of hydrazone groups is 1. The monoisotopic (exact) mass is 455 g/mol. The van der Waals surface area contributed by atoms with Crippen molar-refractivity contribution in [2.24, 2.45) is 5.10 Å². The molecule has 0 aliphatic carbocycles. The summed E-state index contributed by atoms with van der Waals surface area (Å²) >= 11 is 0. The number of carbonyl (C=O) groups is 1. The Kier molecular flexibility index (Phi) is 5.60. The van der Waals surface area contributed by atoms with Gasteiger partial charge in [0.15, 0.2) is 0 Å². The van der Waals surface area contributed by atoms with Gasteiger partial charge in [0.1, 0.15) is 6.33 Å². The molecule has 160 valence electrons. The van der Waals surface area contributed by atoms with Crippen molar-refractivity contribution in [2.75, 3.05) is 21.2 Å². The number of ether oxygens (including phenoxy) is 1. The molecular formula is C15H17N7O6S2. The molecular weight excluding hydrogens is 438 g/mol. The van der Waals surface area contributed by atoms with Crippen LogP contribution in [0.15, 0.2) is 47.0 Å². The van der Waals surface area contributed by atoms with Crippen molar-refractivity contribution in [3.63, 3.8) is 0 Å². The average molecular weight is 455 g/mol. The van der Waals surface area contributed by atoms with Gasteiger partial charge in [-0.05, 0) is 6.07 Å². The molecule has 1 N–H and O–H groups in total. The zero-order valence-electron chi connectivity index (χ0n) is 16.0. The lowest BCUT2D eigenvalue weighted by Crippen LogP contribution is -2.34. The van der Waals surface area contributed by atoms with Crippen LogP contribution in [0.5, 0.6) is 0 Å². The van der Waals surface area contributed by atoms with E-state index in [2.05, 4.69) is 24.9 Å². The van der Waals surface area contributed by atoms with E-state index in [9.17, 15) is 21.6 Å². The Morgan fingerprint density at radius 2 is 1.93 bits per heavy atom. The van der Waals surface area contributed by atoms with E-state index in [0.717, 1.165) is 28.5 Å². The maximum absolute atomic E-state index is 12.8. The SMILES string of the molecule is COC(=O)N(/N=C/c1c[nH]c2ccccc12)S(=O)(=O)c1ncn(S(=O)(=O)N(C)C)n1. The summed E-state index contributed by atoms with van der Waals surface area (Å²) in [5.74, 6) is 0. The van der Waals surface area contributed by atoms with Gasteiger partial charge >= 0.3 is 26.3 Å². The predicted octanol–water partition coefficient (Wildman–Crippen LogP) is 0.205. The molecule has 13 nitrogen and oxygen atoms in total. The van der Waals surface area contributed by atoms with Crippen molar-refractivity contribution in [1.29, 1.82) is 0 Å². The lowest BCUT2D eigenvalue weighted by atomic mass is 10.2. The van der Waals surface area contributed by atoms with Crippen molar-refractivity contribution in [2.45, 2.75) is 5.16 Å². The molecule has 30 heavy (non-hydrogen) atoms. The van der Waals surface area contributed by atoms with E-state index in [4.69, 9.17) is 0 Å². The molecule has 3 rings (SSSR count). The number of aromatic nitrogens is 4. The summed E-state index contributed by atoms with van der Waals surface area (Å²) in [6, 6.07) is 7.18. The highest BCUT2D eigenvalue weighted by molar-refractivity contribution is 7.89. The fourth-order valence-electron chi connectivity index (χ4n) is 2.31. The molecule has 0 spiro atoms. The van der Waals surface area contributed by atoms with E-state index in [1.807, 2.05) is 12.1 Å². The van der Waals surface area contributed by atoms with Gasteiger partial charge in [0.2, 0.25) is 0 Å². The minimum Gasteiger partial charge on any atom is -0.451 e. The Balaban J connectivity index is 2.01. The number of H-pyrrole nitrogens is 1. The minimum atomic E-state index is -4.76. The first-order chi connectivity index (χ1) is 14.1. The normalized spacial score (nSPS) is 12.7. The molecule has 3 aromatic rings. The molecule has 2 heterocycles. The Labute approximate surface area is 171 Å². The second-order valence-electron chi connectivity index (χ2n) is 5.94. The number of rotatable bonds is 6. The van der Waals surface area contributed by atoms with Crippen LogP contribution in [0.3, 0.4) is 0 Å². The van der Waals surface area contributed by atoms with Gasteiger partial charge in [-0.1, -0.05) is 22.6 Å². The molecule has 1 amide bonds. The van der Waals surface area contributed by atoms with Gasteiger partial charge in [0, 0.05) is 36.8 Å². The molecule has 0 saturated heterocycles. The smallest absolute Gasteiger partial charge is 0.445 e. The predicted molar refractivity (Wildman–Crippen MR) is 105 cm³/mol. The summed E-state index contributed by atoms with van der Waals surface area (Å²) in [5, 5.41) is 6.97. The number of sulfonamides is 1. The Hall–Kier alpha value is -3.30. The zero-order valence-corrected chi connectivity index (χ0v) is 17.6. The minimum absolute atomic E-state index is 0.0384. The number of hydrogen-bond donors (Lipinski definition) is 1. The number of amides is 1. The second-order valence-corrected chi connectivity index (χ2v) is 9.60. The van der Waals surface area contributed by atoms with E-state index in [1.54, 1.807) is 18.3 Å². The van der Waals surface area contributed by atoms with Crippen molar-refractivity contribution in [3.8, 4) is 0 Å². The largest absolute Gasteiger partial charge is 0.451 e. The molecule has 2 aromatic heterocycles. The molecule has 0 saturated carbocycles. The Morgan fingerprint density at radius 3 is 2.60 bits per heavy atom. The van der Waals surface area contributed by atoms with E-state index >= 15 is 0 Å². The number of para-hydroxylation sites is 1. The Bertz CT molecular complexity index is 1320. The number of methoxy groups -OCH3 is 1. The number of carbonyl (C=O) groups excluding carboxylic acids is 1. The van der Waals surface area contributed by atoms with Crippen LogP contribution in [0.2, 0.25) is 0 Å². The summed E-state index contributed by atoms with van der Waals surface area (Å²) in [6.07, 6.45) is 2.08. The zero-order chi connectivity index (χ0) is 22.1. The quantitative estimate of drug-likeness (QED) is 0.407. The third-order valence-electron chi connectivity index (χ3n) is 3.86. The van der Waals surface area contributed by atoms with E-state index in [-0.39, 0.29) is 4.41 Å². The topological polar surface area (TPSA) is 160 Å². The van der Waals surface area contributed by atoms with Gasteiger partial charge in [0.05, 0.1) is 13.3 Å². The first kappa shape index (κ1) is 21.4. The van der Waals surface area contributed by atoms with Crippen molar-refractivity contribution in [1.82, 2.24) is 27.9 Å². The second kappa shape index (κ2) is 7.85. The van der Waals surface area contributed by atoms with Gasteiger partial charge in [0.25, 0.3) is 5.16 Å². The molecule has 15 heteroatoms. The Morgan fingerprint density at radius 1 is 1.23 bits per heavy atom. The number of fused-ring (bicyclic) bond motifs is 1. The molecule has 0 atom stereocenters. The standard InChI is InChI=1S/C15H17N7O6S2/c1-20(2)30(26,27)21-10-17-14(19-21)29(24,25)22(15(23)28-3)18-9-11-8-16-13-7-5-4-6-12(11)13/h4-10,16H,1-3H3/b18-9+. The molecule has 0 aliphatic rings. The van der Waals surface area contributed by atoms with Crippen molar-refractivity contribution >= 4 is 43.4 Å². The molecule has 0 fully saturated rings. The fourth-order valence-corrected chi connectivity index (χ4v) is 4.01. The van der Waals surface area contributed by atoms with Crippen molar-refractivity contribution in [3.05, 3.63) is 42.4 Å². The third-order valence-corrected chi connectivity index (χ3v) is 6.78. The maximum atomic E-state index is 12.8. The highest BCUT2D eigenvalue weighted by Gasteiger charge is 2.35. The molecule has 0 aliphatic heterocycles. The van der Waals surface area contributed by atoms with Crippen molar-refractivity contribution < 1.29 is 26.4 Å².